The maximum Gasteiger partial charge on any atom is 0.241 e. The largest absolute Gasteiger partial charge is 0.241 e. The highest BCUT2D eigenvalue weighted by Gasteiger charge is 2.26. The summed E-state index contributed by atoms with van der Waals surface area (Å²) < 4.78 is 28.3. The Morgan fingerprint density at radius 2 is 2.17 bits per heavy atom. The molecule has 0 aromatic carbocycles. The van der Waals surface area contributed by atoms with E-state index in [1.54, 1.807) is 6.07 Å². The van der Waals surface area contributed by atoms with E-state index in [1.807, 2.05) is 6.92 Å². The van der Waals surface area contributed by atoms with Crippen molar-refractivity contribution in [2.24, 2.45) is 5.92 Å². The van der Waals surface area contributed by atoms with Gasteiger partial charge in [0.2, 0.25) is 10.0 Å². The highest BCUT2D eigenvalue weighted by molar-refractivity contribution is 9.11. The zero-order valence-corrected chi connectivity index (χ0v) is 13.8. The molecule has 1 heterocycles. The lowest BCUT2D eigenvalue weighted by atomic mass is 9.88. The average Bonchev–Trinajstić information content (AvgIpc) is 2.58. The van der Waals surface area contributed by atoms with E-state index in [0.29, 0.717) is 10.8 Å². The molecule has 102 valence electrons. The number of halogens is 1. The Labute approximate surface area is 121 Å². The molecule has 0 amide bonds. The molecule has 1 aliphatic rings. The molecule has 1 aromatic rings. The second kappa shape index (κ2) is 5.61. The van der Waals surface area contributed by atoms with Crippen molar-refractivity contribution in [1.82, 2.24) is 4.72 Å². The van der Waals surface area contributed by atoms with Crippen LogP contribution in [0.15, 0.2) is 14.7 Å². The zero-order chi connectivity index (χ0) is 13.3. The summed E-state index contributed by atoms with van der Waals surface area (Å²) in [5.74, 6) is 0.613. The van der Waals surface area contributed by atoms with Crippen LogP contribution >= 0.6 is 27.3 Å². The van der Waals surface area contributed by atoms with Gasteiger partial charge in [0.1, 0.15) is 0 Å². The lowest BCUT2D eigenvalue weighted by molar-refractivity contribution is 0.327. The molecule has 1 aromatic heterocycles. The van der Waals surface area contributed by atoms with Gasteiger partial charge in [-0.15, -0.1) is 11.3 Å². The van der Waals surface area contributed by atoms with Crippen molar-refractivity contribution in [3.8, 4) is 0 Å². The standard InChI is InChI=1S/C12H18BrNO2S2/c1-8-4-3-5-10(6-8)14-18(15,16)11-7-12(13)17-9(11)2/h7-8,10,14H,3-6H2,1-2H3. The molecule has 1 N–H and O–H groups in total. The number of hydrogen-bond donors (Lipinski definition) is 1. The lowest BCUT2D eigenvalue weighted by Gasteiger charge is -2.27. The maximum absolute atomic E-state index is 12.3. The maximum atomic E-state index is 12.3. The Kier molecular flexibility index (Phi) is 4.52. The van der Waals surface area contributed by atoms with Gasteiger partial charge in [-0.2, -0.15) is 0 Å². The van der Waals surface area contributed by atoms with Gasteiger partial charge in [0.15, 0.2) is 0 Å². The summed E-state index contributed by atoms with van der Waals surface area (Å²) in [6.07, 6.45) is 4.22. The molecular formula is C12H18BrNO2S2. The van der Waals surface area contributed by atoms with Crippen LogP contribution in [0.1, 0.15) is 37.5 Å². The fraction of sp³-hybridized carbons (Fsp3) is 0.667. The quantitative estimate of drug-likeness (QED) is 0.902. The molecule has 2 atom stereocenters. The topological polar surface area (TPSA) is 46.2 Å². The normalized spacial score (nSPS) is 25.3. The van der Waals surface area contributed by atoms with Crippen molar-refractivity contribution in [3.05, 3.63) is 14.7 Å². The van der Waals surface area contributed by atoms with Gasteiger partial charge in [0.05, 0.1) is 8.68 Å². The van der Waals surface area contributed by atoms with Crippen LogP contribution in [0, 0.1) is 12.8 Å². The third-order valence-electron chi connectivity index (χ3n) is 3.39. The van der Waals surface area contributed by atoms with Gasteiger partial charge in [-0.1, -0.05) is 19.8 Å². The molecule has 3 nitrogen and oxygen atoms in total. The van der Waals surface area contributed by atoms with E-state index in [1.165, 1.54) is 17.8 Å². The van der Waals surface area contributed by atoms with Gasteiger partial charge in [-0.05, 0) is 47.7 Å². The van der Waals surface area contributed by atoms with E-state index < -0.39 is 10.0 Å². The number of nitrogens with one attached hydrogen (secondary N) is 1. The predicted octanol–water partition coefficient (Wildman–Crippen LogP) is 3.68. The molecular weight excluding hydrogens is 334 g/mol. The minimum atomic E-state index is -3.36. The first-order chi connectivity index (χ1) is 8.38. The van der Waals surface area contributed by atoms with Crippen LogP contribution in [0.2, 0.25) is 0 Å². The third kappa shape index (κ3) is 3.35. The third-order valence-corrected chi connectivity index (χ3v) is 6.72. The fourth-order valence-electron chi connectivity index (χ4n) is 2.52. The van der Waals surface area contributed by atoms with Gasteiger partial charge in [-0.3, -0.25) is 0 Å². The first-order valence-corrected chi connectivity index (χ1v) is 9.26. The van der Waals surface area contributed by atoms with Crippen LogP contribution in [0.5, 0.6) is 0 Å². The van der Waals surface area contributed by atoms with Crippen LogP contribution in [0.3, 0.4) is 0 Å². The summed E-state index contributed by atoms with van der Waals surface area (Å²) in [7, 11) is -3.36. The summed E-state index contributed by atoms with van der Waals surface area (Å²) in [5, 5.41) is 0. The Hall–Kier alpha value is 0.0900. The Balaban J connectivity index is 2.14. The number of thiophene rings is 1. The summed E-state index contributed by atoms with van der Waals surface area (Å²) in [6, 6.07) is 1.78. The number of hydrogen-bond acceptors (Lipinski definition) is 3. The fourth-order valence-corrected chi connectivity index (χ4v) is 6.22. The SMILES string of the molecule is Cc1sc(Br)cc1S(=O)(=O)NC1CCCC(C)C1. The van der Waals surface area contributed by atoms with Crippen molar-refractivity contribution in [2.45, 2.75) is 50.5 Å². The highest BCUT2D eigenvalue weighted by atomic mass is 79.9. The second-order valence-corrected chi connectivity index (χ2v) is 9.38. The lowest BCUT2D eigenvalue weighted by Crippen LogP contribution is -2.37. The molecule has 0 saturated heterocycles. The van der Waals surface area contributed by atoms with Crippen LogP contribution in [-0.4, -0.2) is 14.5 Å². The van der Waals surface area contributed by atoms with Gasteiger partial charge in [-0.25, -0.2) is 13.1 Å². The Morgan fingerprint density at radius 3 is 2.72 bits per heavy atom. The average molecular weight is 352 g/mol. The van der Waals surface area contributed by atoms with Crippen LogP contribution < -0.4 is 4.72 Å². The molecule has 0 aliphatic heterocycles. The van der Waals surface area contributed by atoms with Crippen LogP contribution in [-0.2, 0) is 10.0 Å². The first-order valence-electron chi connectivity index (χ1n) is 6.17. The molecule has 0 spiro atoms. The number of aryl methyl sites for hydroxylation is 1. The van der Waals surface area contributed by atoms with Crippen molar-refractivity contribution in [3.63, 3.8) is 0 Å². The smallest absolute Gasteiger partial charge is 0.208 e. The van der Waals surface area contributed by atoms with Gasteiger partial charge in [0.25, 0.3) is 0 Å². The van der Waals surface area contributed by atoms with Crippen molar-refractivity contribution in [2.75, 3.05) is 0 Å². The Bertz CT molecular complexity index is 524. The molecule has 6 heteroatoms. The molecule has 0 radical (unpaired) electrons. The van der Waals surface area contributed by atoms with Gasteiger partial charge >= 0.3 is 0 Å². The summed E-state index contributed by atoms with van der Waals surface area (Å²) in [5.41, 5.74) is 0. The van der Waals surface area contributed by atoms with Crippen molar-refractivity contribution in [1.29, 1.82) is 0 Å². The van der Waals surface area contributed by atoms with E-state index in [0.717, 1.165) is 27.9 Å². The van der Waals surface area contributed by atoms with Crippen LogP contribution in [0.25, 0.3) is 0 Å². The molecule has 1 aliphatic carbocycles. The molecule has 1 fully saturated rings. The number of sulfonamides is 1. The monoisotopic (exact) mass is 351 g/mol. The summed E-state index contributed by atoms with van der Waals surface area (Å²) in [6.45, 7) is 4.03. The summed E-state index contributed by atoms with van der Waals surface area (Å²) in [4.78, 5) is 1.25. The van der Waals surface area contributed by atoms with E-state index in [-0.39, 0.29) is 6.04 Å². The van der Waals surface area contributed by atoms with Gasteiger partial charge in [0, 0.05) is 10.9 Å². The van der Waals surface area contributed by atoms with E-state index >= 15 is 0 Å². The molecule has 2 rings (SSSR count). The van der Waals surface area contributed by atoms with Crippen LogP contribution in [0.4, 0.5) is 0 Å². The minimum Gasteiger partial charge on any atom is -0.208 e. The first kappa shape index (κ1) is 14.5. The van der Waals surface area contributed by atoms with Gasteiger partial charge < -0.3 is 0 Å². The summed E-state index contributed by atoms with van der Waals surface area (Å²) >= 11 is 4.79. The highest BCUT2D eigenvalue weighted by Crippen LogP contribution is 2.31. The molecule has 1 saturated carbocycles. The van der Waals surface area contributed by atoms with Crippen molar-refractivity contribution < 1.29 is 8.42 Å². The zero-order valence-electron chi connectivity index (χ0n) is 10.6. The van der Waals surface area contributed by atoms with E-state index in [2.05, 4.69) is 27.6 Å². The second-order valence-electron chi connectivity index (χ2n) is 5.06. The minimum absolute atomic E-state index is 0.0943. The molecule has 2 unspecified atom stereocenters. The number of rotatable bonds is 3. The van der Waals surface area contributed by atoms with E-state index in [4.69, 9.17) is 0 Å². The van der Waals surface area contributed by atoms with E-state index in [9.17, 15) is 8.42 Å². The van der Waals surface area contributed by atoms with Crippen molar-refractivity contribution >= 4 is 37.3 Å². The Morgan fingerprint density at radius 1 is 1.44 bits per heavy atom. The molecule has 0 bridgehead atoms. The predicted molar refractivity (Wildman–Crippen MR) is 78.5 cm³/mol. The molecule has 18 heavy (non-hydrogen) atoms.